The molecular formula is C13H16F3NOS. The topological polar surface area (TPSA) is 21.3 Å². The number of halogens is 3. The molecule has 0 fully saturated rings. The van der Waals surface area contributed by atoms with Crippen molar-refractivity contribution in [3.05, 3.63) is 29.8 Å². The van der Waals surface area contributed by atoms with E-state index >= 15 is 0 Å². The SMILES string of the molecule is FC(F)(F)COCCNCC1CSc2ccccc21. The third-order valence-electron chi connectivity index (χ3n) is 2.88. The summed E-state index contributed by atoms with van der Waals surface area (Å²) in [5.74, 6) is 1.46. The van der Waals surface area contributed by atoms with Gasteiger partial charge in [-0.15, -0.1) is 11.8 Å². The number of ether oxygens (including phenoxy) is 1. The van der Waals surface area contributed by atoms with Crippen LogP contribution in [0, 0.1) is 0 Å². The summed E-state index contributed by atoms with van der Waals surface area (Å²) in [6.45, 7) is 0.136. The van der Waals surface area contributed by atoms with Crippen molar-refractivity contribution in [2.75, 3.05) is 32.1 Å². The minimum atomic E-state index is -4.24. The van der Waals surface area contributed by atoms with E-state index in [1.807, 2.05) is 23.9 Å². The van der Waals surface area contributed by atoms with Crippen molar-refractivity contribution in [2.45, 2.75) is 17.0 Å². The van der Waals surface area contributed by atoms with Crippen LogP contribution in [-0.2, 0) is 4.74 Å². The maximum absolute atomic E-state index is 11.8. The molecule has 1 atom stereocenters. The van der Waals surface area contributed by atoms with Gasteiger partial charge >= 0.3 is 6.18 Å². The zero-order valence-electron chi connectivity index (χ0n) is 10.4. The summed E-state index contributed by atoms with van der Waals surface area (Å²) >= 11 is 1.83. The fourth-order valence-electron chi connectivity index (χ4n) is 2.01. The van der Waals surface area contributed by atoms with Crippen LogP contribution in [0.25, 0.3) is 0 Å². The van der Waals surface area contributed by atoms with Gasteiger partial charge in [-0.2, -0.15) is 13.2 Å². The molecule has 1 aromatic carbocycles. The number of hydrogen-bond acceptors (Lipinski definition) is 3. The Balaban J connectivity index is 1.63. The Hall–Kier alpha value is -0.720. The highest BCUT2D eigenvalue weighted by Gasteiger charge is 2.27. The highest BCUT2D eigenvalue weighted by Crippen LogP contribution is 2.38. The highest BCUT2D eigenvalue weighted by atomic mass is 32.2. The van der Waals surface area contributed by atoms with Gasteiger partial charge in [-0.3, -0.25) is 0 Å². The van der Waals surface area contributed by atoms with E-state index in [4.69, 9.17) is 0 Å². The van der Waals surface area contributed by atoms with Gasteiger partial charge in [0, 0.05) is 29.7 Å². The molecule has 6 heteroatoms. The van der Waals surface area contributed by atoms with E-state index in [0.717, 1.165) is 12.3 Å². The van der Waals surface area contributed by atoms with Crippen LogP contribution < -0.4 is 5.32 Å². The molecule has 2 rings (SSSR count). The van der Waals surface area contributed by atoms with E-state index in [0.29, 0.717) is 12.5 Å². The van der Waals surface area contributed by atoms with Gasteiger partial charge in [0.25, 0.3) is 0 Å². The van der Waals surface area contributed by atoms with E-state index in [9.17, 15) is 13.2 Å². The molecule has 1 heterocycles. The average molecular weight is 291 g/mol. The maximum Gasteiger partial charge on any atom is 0.411 e. The summed E-state index contributed by atoms with van der Waals surface area (Å²) < 4.78 is 40.0. The number of fused-ring (bicyclic) bond motifs is 1. The molecule has 2 nitrogen and oxygen atoms in total. The fourth-order valence-corrected chi connectivity index (χ4v) is 3.26. The lowest BCUT2D eigenvalue weighted by molar-refractivity contribution is -0.173. The van der Waals surface area contributed by atoms with Gasteiger partial charge in [0.05, 0.1) is 6.61 Å². The van der Waals surface area contributed by atoms with Crippen molar-refractivity contribution in [2.24, 2.45) is 0 Å². The van der Waals surface area contributed by atoms with Gasteiger partial charge in [-0.05, 0) is 11.6 Å². The van der Waals surface area contributed by atoms with Crippen molar-refractivity contribution in [1.82, 2.24) is 5.32 Å². The quantitative estimate of drug-likeness (QED) is 0.814. The van der Waals surface area contributed by atoms with Crippen molar-refractivity contribution in [3.63, 3.8) is 0 Å². The Morgan fingerprint density at radius 1 is 1.32 bits per heavy atom. The third kappa shape index (κ3) is 4.71. The average Bonchev–Trinajstić information content (AvgIpc) is 2.76. The number of rotatable bonds is 6. The van der Waals surface area contributed by atoms with Crippen LogP contribution in [0.3, 0.4) is 0 Å². The lowest BCUT2D eigenvalue weighted by atomic mass is 10.0. The monoisotopic (exact) mass is 291 g/mol. The molecule has 0 spiro atoms. The van der Waals surface area contributed by atoms with E-state index in [2.05, 4.69) is 22.2 Å². The first-order valence-electron chi connectivity index (χ1n) is 6.13. The van der Waals surface area contributed by atoms with E-state index in [1.165, 1.54) is 10.5 Å². The molecule has 1 aromatic rings. The summed E-state index contributed by atoms with van der Waals surface area (Å²) in [5, 5.41) is 3.15. The molecule has 0 amide bonds. The van der Waals surface area contributed by atoms with E-state index < -0.39 is 12.8 Å². The van der Waals surface area contributed by atoms with Gasteiger partial charge in [0.15, 0.2) is 0 Å². The molecule has 1 aliphatic rings. The van der Waals surface area contributed by atoms with E-state index in [1.54, 1.807) is 0 Å². The zero-order valence-corrected chi connectivity index (χ0v) is 11.2. The molecule has 0 bridgehead atoms. The van der Waals surface area contributed by atoms with Gasteiger partial charge in [-0.1, -0.05) is 18.2 Å². The number of benzene rings is 1. The number of thioether (sulfide) groups is 1. The Morgan fingerprint density at radius 2 is 2.11 bits per heavy atom. The van der Waals surface area contributed by atoms with Gasteiger partial charge in [0.2, 0.25) is 0 Å². The summed E-state index contributed by atoms with van der Waals surface area (Å²) in [6.07, 6.45) is -4.24. The Bertz CT molecular complexity index is 411. The van der Waals surface area contributed by atoms with E-state index in [-0.39, 0.29) is 6.61 Å². The van der Waals surface area contributed by atoms with Crippen LogP contribution in [0.2, 0.25) is 0 Å². The Labute approximate surface area is 114 Å². The predicted octanol–water partition coefficient (Wildman–Crippen LogP) is 3.04. The van der Waals surface area contributed by atoms with Crippen LogP contribution in [-0.4, -0.2) is 38.2 Å². The third-order valence-corrected chi connectivity index (χ3v) is 4.13. The molecule has 19 heavy (non-hydrogen) atoms. The van der Waals surface area contributed by atoms with Crippen LogP contribution in [0.15, 0.2) is 29.2 Å². The van der Waals surface area contributed by atoms with Crippen LogP contribution >= 0.6 is 11.8 Å². The molecule has 0 aliphatic carbocycles. The predicted molar refractivity (Wildman–Crippen MR) is 69.7 cm³/mol. The lowest BCUT2D eigenvalue weighted by Gasteiger charge is -2.12. The molecule has 0 saturated heterocycles. The van der Waals surface area contributed by atoms with Crippen LogP contribution in [0.5, 0.6) is 0 Å². The van der Waals surface area contributed by atoms with Crippen LogP contribution in [0.1, 0.15) is 11.5 Å². The summed E-state index contributed by atoms with van der Waals surface area (Å²) in [6, 6.07) is 8.26. The standard InChI is InChI=1S/C13H16F3NOS/c14-13(15,16)9-18-6-5-17-7-10-8-19-12-4-2-1-3-11(10)12/h1-4,10,17H,5-9H2. The summed E-state index contributed by atoms with van der Waals surface area (Å²) in [5.41, 5.74) is 1.33. The number of hydrogen-bond donors (Lipinski definition) is 1. The zero-order chi connectivity index (χ0) is 13.7. The lowest BCUT2D eigenvalue weighted by Crippen LogP contribution is -2.27. The Morgan fingerprint density at radius 3 is 2.89 bits per heavy atom. The molecule has 0 saturated carbocycles. The molecular weight excluding hydrogens is 275 g/mol. The first-order chi connectivity index (χ1) is 9.06. The summed E-state index contributed by atoms with van der Waals surface area (Å²) in [4.78, 5) is 1.31. The first-order valence-corrected chi connectivity index (χ1v) is 7.12. The van der Waals surface area contributed by atoms with Crippen molar-refractivity contribution < 1.29 is 17.9 Å². The molecule has 1 unspecified atom stereocenters. The van der Waals surface area contributed by atoms with Gasteiger partial charge < -0.3 is 10.1 Å². The second kappa shape index (κ2) is 6.63. The normalized spacial score (nSPS) is 18.6. The Kier molecular flexibility index (Phi) is 5.13. The van der Waals surface area contributed by atoms with Gasteiger partial charge in [0.1, 0.15) is 6.61 Å². The molecule has 0 aromatic heterocycles. The number of alkyl halides is 3. The number of nitrogens with one attached hydrogen (secondary N) is 1. The minimum absolute atomic E-state index is 0.0843. The molecule has 0 radical (unpaired) electrons. The summed E-state index contributed by atoms with van der Waals surface area (Å²) in [7, 11) is 0. The molecule has 1 N–H and O–H groups in total. The smallest absolute Gasteiger partial charge is 0.371 e. The second-order valence-electron chi connectivity index (χ2n) is 4.42. The largest absolute Gasteiger partial charge is 0.411 e. The van der Waals surface area contributed by atoms with Crippen LogP contribution in [0.4, 0.5) is 13.2 Å². The maximum atomic E-state index is 11.8. The minimum Gasteiger partial charge on any atom is -0.371 e. The highest BCUT2D eigenvalue weighted by molar-refractivity contribution is 7.99. The van der Waals surface area contributed by atoms with Gasteiger partial charge in [-0.25, -0.2) is 0 Å². The molecule has 106 valence electrons. The fraction of sp³-hybridized carbons (Fsp3) is 0.538. The molecule has 1 aliphatic heterocycles. The van der Waals surface area contributed by atoms with Crippen molar-refractivity contribution >= 4 is 11.8 Å². The van der Waals surface area contributed by atoms with Crippen molar-refractivity contribution in [1.29, 1.82) is 0 Å². The van der Waals surface area contributed by atoms with Crippen molar-refractivity contribution in [3.8, 4) is 0 Å². The second-order valence-corrected chi connectivity index (χ2v) is 5.48. The first kappa shape index (κ1) is 14.7.